The Hall–Kier alpha value is -2.42. The number of sulfone groups is 1. The van der Waals surface area contributed by atoms with E-state index in [1.807, 2.05) is 0 Å². The van der Waals surface area contributed by atoms with Crippen molar-refractivity contribution >= 4 is 44.4 Å². The van der Waals surface area contributed by atoms with E-state index < -0.39 is 9.84 Å². The maximum atomic E-state index is 12.5. The molecule has 9 heteroatoms. The molecule has 0 radical (unpaired) electrons. The van der Waals surface area contributed by atoms with Gasteiger partial charge in [0.05, 0.1) is 10.6 Å². The van der Waals surface area contributed by atoms with Crippen molar-refractivity contribution in [3.8, 4) is 5.75 Å². The normalized spacial score (nSPS) is 11.2. The van der Waals surface area contributed by atoms with E-state index in [4.69, 9.17) is 16.3 Å². The van der Waals surface area contributed by atoms with Gasteiger partial charge in [0.25, 0.3) is 5.91 Å². The van der Waals surface area contributed by atoms with Crippen molar-refractivity contribution in [3.63, 3.8) is 0 Å². The zero-order chi connectivity index (χ0) is 20.3. The first-order chi connectivity index (χ1) is 13.2. The number of carbonyl (C=O) groups is 1. The molecule has 1 N–H and O–H groups in total. The molecule has 0 bridgehead atoms. The molecular weight excluding hydrogens is 420 g/mol. The van der Waals surface area contributed by atoms with Crippen molar-refractivity contribution in [1.29, 1.82) is 0 Å². The number of hydrogen-bond donors (Lipinski definition) is 1. The molecule has 146 valence electrons. The average molecular weight is 437 g/mol. The molecule has 6 nitrogen and oxygen atoms in total. The summed E-state index contributed by atoms with van der Waals surface area (Å²) in [6.07, 6.45) is 1.13. The van der Waals surface area contributed by atoms with E-state index in [2.05, 4.69) is 10.3 Å². The lowest BCUT2D eigenvalue weighted by Crippen LogP contribution is -2.11. The van der Waals surface area contributed by atoms with Gasteiger partial charge in [0.15, 0.2) is 9.84 Å². The SMILES string of the molecule is Cc1nc(COc2ccc(Cl)cc2)sc1C(=O)Nc1ccc(S(C)(=O)=O)cc1. The zero-order valence-corrected chi connectivity index (χ0v) is 17.5. The van der Waals surface area contributed by atoms with E-state index in [0.717, 1.165) is 6.26 Å². The fraction of sp³-hybridized carbons (Fsp3) is 0.158. The van der Waals surface area contributed by atoms with E-state index in [1.54, 1.807) is 43.3 Å². The van der Waals surface area contributed by atoms with Crippen LogP contribution in [-0.2, 0) is 16.4 Å². The minimum Gasteiger partial charge on any atom is -0.486 e. The average Bonchev–Trinajstić information content (AvgIpc) is 3.02. The van der Waals surface area contributed by atoms with Gasteiger partial charge in [-0.2, -0.15) is 0 Å². The number of rotatable bonds is 6. The molecule has 3 aromatic rings. The molecule has 0 saturated heterocycles. The predicted molar refractivity (Wildman–Crippen MR) is 110 cm³/mol. The number of halogens is 1. The molecule has 0 aliphatic carbocycles. The predicted octanol–water partition coefficient (Wildman–Crippen LogP) is 4.34. The van der Waals surface area contributed by atoms with Gasteiger partial charge in [-0.25, -0.2) is 13.4 Å². The van der Waals surface area contributed by atoms with Crippen LogP contribution in [0.1, 0.15) is 20.4 Å². The van der Waals surface area contributed by atoms with Crippen LogP contribution < -0.4 is 10.1 Å². The Balaban J connectivity index is 1.66. The van der Waals surface area contributed by atoms with Crippen LogP contribution in [0.5, 0.6) is 5.75 Å². The Labute approximate surface area is 172 Å². The van der Waals surface area contributed by atoms with Gasteiger partial charge >= 0.3 is 0 Å². The van der Waals surface area contributed by atoms with E-state index in [0.29, 0.717) is 32.0 Å². The number of nitrogens with one attached hydrogen (secondary N) is 1. The molecule has 1 heterocycles. The highest BCUT2D eigenvalue weighted by Crippen LogP contribution is 2.23. The van der Waals surface area contributed by atoms with Gasteiger partial charge in [0.2, 0.25) is 0 Å². The van der Waals surface area contributed by atoms with Crippen LogP contribution >= 0.6 is 22.9 Å². The third kappa shape index (κ3) is 5.09. The van der Waals surface area contributed by atoms with Crippen LogP contribution in [0.2, 0.25) is 5.02 Å². The first-order valence-electron chi connectivity index (χ1n) is 8.18. The van der Waals surface area contributed by atoms with Gasteiger partial charge in [-0.1, -0.05) is 11.6 Å². The van der Waals surface area contributed by atoms with E-state index in [-0.39, 0.29) is 17.4 Å². The number of thiazole rings is 1. The van der Waals surface area contributed by atoms with Crippen LogP contribution in [0.3, 0.4) is 0 Å². The summed E-state index contributed by atoms with van der Waals surface area (Å²) in [4.78, 5) is 17.6. The molecule has 0 unspecified atom stereocenters. The smallest absolute Gasteiger partial charge is 0.267 e. The van der Waals surface area contributed by atoms with Gasteiger partial charge in [-0.15, -0.1) is 11.3 Å². The van der Waals surface area contributed by atoms with E-state index >= 15 is 0 Å². The molecule has 2 aromatic carbocycles. The Morgan fingerprint density at radius 2 is 1.79 bits per heavy atom. The van der Waals surface area contributed by atoms with Gasteiger partial charge in [0.1, 0.15) is 22.2 Å². The molecule has 0 atom stereocenters. The summed E-state index contributed by atoms with van der Waals surface area (Å²) in [7, 11) is -3.28. The summed E-state index contributed by atoms with van der Waals surface area (Å²) >= 11 is 7.09. The van der Waals surface area contributed by atoms with Crippen molar-refractivity contribution < 1.29 is 17.9 Å². The number of amides is 1. The summed E-state index contributed by atoms with van der Waals surface area (Å²) < 4.78 is 28.7. The van der Waals surface area contributed by atoms with Crippen LogP contribution in [-0.4, -0.2) is 25.6 Å². The maximum Gasteiger partial charge on any atom is 0.267 e. The summed E-state index contributed by atoms with van der Waals surface area (Å²) in [6, 6.07) is 13.0. The molecule has 28 heavy (non-hydrogen) atoms. The number of anilines is 1. The third-order valence-electron chi connectivity index (χ3n) is 3.76. The fourth-order valence-corrected chi connectivity index (χ4v) is 4.00. The molecule has 0 aliphatic heterocycles. The monoisotopic (exact) mass is 436 g/mol. The quantitative estimate of drug-likeness (QED) is 0.621. The highest BCUT2D eigenvalue weighted by Gasteiger charge is 2.16. The lowest BCUT2D eigenvalue weighted by Gasteiger charge is -2.05. The Morgan fingerprint density at radius 3 is 2.39 bits per heavy atom. The summed E-state index contributed by atoms with van der Waals surface area (Å²) in [6.45, 7) is 1.99. The number of nitrogens with zero attached hydrogens (tertiary/aromatic N) is 1. The van der Waals surface area contributed by atoms with Crippen molar-refractivity contribution in [1.82, 2.24) is 4.98 Å². The van der Waals surface area contributed by atoms with Crippen LogP contribution in [0.4, 0.5) is 5.69 Å². The third-order valence-corrected chi connectivity index (χ3v) is 6.27. The second-order valence-corrected chi connectivity index (χ2v) is 9.55. The molecule has 0 fully saturated rings. The standard InChI is InChI=1S/C19H17ClN2O4S2/c1-12-18(19(23)22-14-5-9-16(10-6-14)28(2,24)25)27-17(21-12)11-26-15-7-3-13(20)4-8-15/h3-10H,11H2,1-2H3,(H,22,23). The molecule has 0 saturated carbocycles. The topological polar surface area (TPSA) is 85.4 Å². The van der Waals surface area contributed by atoms with Crippen LogP contribution in [0, 0.1) is 6.92 Å². The second-order valence-electron chi connectivity index (χ2n) is 6.02. The minimum atomic E-state index is -3.28. The molecule has 0 spiro atoms. The highest BCUT2D eigenvalue weighted by molar-refractivity contribution is 7.90. The summed E-state index contributed by atoms with van der Waals surface area (Å²) in [5, 5.41) is 4.05. The molecule has 1 aromatic heterocycles. The fourth-order valence-electron chi connectivity index (χ4n) is 2.37. The van der Waals surface area contributed by atoms with Gasteiger partial charge < -0.3 is 10.1 Å². The second kappa shape index (κ2) is 8.30. The Bertz CT molecular complexity index is 1090. The van der Waals surface area contributed by atoms with Crippen LogP contribution in [0.15, 0.2) is 53.4 Å². The van der Waals surface area contributed by atoms with Gasteiger partial charge in [-0.3, -0.25) is 4.79 Å². The number of ether oxygens (including phenoxy) is 1. The van der Waals surface area contributed by atoms with E-state index in [9.17, 15) is 13.2 Å². The minimum absolute atomic E-state index is 0.195. The Kier molecular flexibility index (Phi) is 6.02. The van der Waals surface area contributed by atoms with Crippen molar-refractivity contribution in [2.75, 3.05) is 11.6 Å². The molecule has 0 aliphatic rings. The van der Waals surface area contributed by atoms with Crippen LogP contribution in [0.25, 0.3) is 0 Å². The molecule has 3 rings (SSSR count). The first kappa shape index (κ1) is 20.3. The first-order valence-corrected chi connectivity index (χ1v) is 11.3. The Morgan fingerprint density at radius 1 is 1.14 bits per heavy atom. The number of benzene rings is 2. The number of hydrogen-bond acceptors (Lipinski definition) is 6. The van der Waals surface area contributed by atoms with E-state index in [1.165, 1.54) is 23.5 Å². The lowest BCUT2D eigenvalue weighted by molar-refractivity contribution is 0.103. The van der Waals surface area contributed by atoms with Crippen molar-refractivity contribution in [2.45, 2.75) is 18.4 Å². The van der Waals surface area contributed by atoms with Gasteiger partial charge in [-0.05, 0) is 55.5 Å². The number of carbonyl (C=O) groups excluding carboxylic acids is 1. The molecule has 1 amide bonds. The lowest BCUT2D eigenvalue weighted by atomic mass is 10.3. The van der Waals surface area contributed by atoms with Crippen molar-refractivity contribution in [3.05, 3.63) is 69.1 Å². The van der Waals surface area contributed by atoms with Gasteiger partial charge in [0, 0.05) is 17.0 Å². The number of aromatic nitrogens is 1. The zero-order valence-electron chi connectivity index (χ0n) is 15.1. The largest absolute Gasteiger partial charge is 0.486 e. The summed E-state index contributed by atoms with van der Waals surface area (Å²) in [5.74, 6) is 0.356. The number of aryl methyl sites for hydroxylation is 1. The summed E-state index contributed by atoms with van der Waals surface area (Å²) in [5.41, 5.74) is 1.11. The van der Waals surface area contributed by atoms with Crippen molar-refractivity contribution in [2.24, 2.45) is 0 Å². The maximum absolute atomic E-state index is 12.5. The molecular formula is C19H17ClN2O4S2. The highest BCUT2D eigenvalue weighted by atomic mass is 35.5.